The van der Waals surface area contributed by atoms with Crippen molar-refractivity contribution in [2.45, 2.75) is 38.5 Å². The molecule has 0 N–H and O–H groups in total. The van der Waals surface area contributed by atoms with E-state index in [9.17, 15) is 0 Å². The third-order valence-electron chi connectivity index (χ3n) is 3.29. The van der Waals surface area contributed by atoms with E-state index in [1.165, 1.54) is 51.7 Å². The van der Waals surface area contributed by atoms with E-state index < -0.39 is 0 Å². The van der Waals surface area contributed by atoms with Crippen LogP contribution in [0.5, 0.6) is 0 Å². The summed E-state index contributed by atoms with van der Waals surface area (Å²) in [5, 5.41) is 0. The second kappa shape index (κ2) is 5.35. The van der Waals surface area contributed by atoms with E-state index in [1.807, 2.05) is 0 Å². The monoisotopic (exact) mass is 191 g/mol. The van der Waals surface area contributed by atoms with Gasteiger partial charge in [0.1, 0.15) is 0 Å². The zero-order chi connectivity index (χ0) is 9.64. The van der Waals surface area contributed by atoms with Crippen LogP contribution in [0.15, 0.2) is 23.8 Å². The highest BCUT2D eigenvalue weighted by Gasteiger charge is 2.10. The normalized spacial score (nSPS) is 23.6. The van der Waals surface area contributed by atoms with Gasteiger partial charge in [-0.3, -0.25) is 0 Å². The number of piperidine rings is 1. The number of likely N-dealkylation sites (tertiary alicyclic amines) is 1. The minimum absolute atomic E-state index is 1.16. The van der Waals surface area contributed by atoms with Crippen LogP contribution >= 0.6 is 0 Å². The number of hydrogen-bond donors (Lipinski definition) is 0. The molecule has 1 aliphatic carbocycles. The van der Waals surface area contributed by atoms with E-state index >= 15 is 0 Å². The Kier molecular flexibility index (Phi) is 3.81. The topological polar surface area (TPSA) is 3.24 Å². The van der Waals surface area contributed by atoms with E-state index in [2.05, 4.69) is 23.1 Å². The second-order valence-electron chi connectivity index (χ2n) is 4.43. The molecule has 0 saturated carbocycles. The first kappa shape index (κ1) is 9.97. The van der Waals surface area contributed by atoms with Crippen LogP contribution in [0.1, 0.15) is 38.5 Å². The minimum Gasteiger partial charge on any atom is -0.303 e. The van der Waals surface area contributed by atoms with Gasteiger partial charge >= 0.3 is 0 Å². The standard InChI is InChI=1S/C13H21N/c1-3-7-13(8-4-1)9-12-14-10-5-2-6-11-14/h1,3,8H,2,4-7,9-12H2. The molecular weight excluding hydrogens is 170 g/mol. The SMILES string of the molecule is C1=CCC(CCN2CCCCC2)=CC1. The largest absolute Gasteiger partial charge is 0.303 e. The number of allylic oxidation sites excluding steroid dienone is 3. The Hall–Kier alpha value is -0.560. The van der Waals surface area contributed by atoms with Gasteiger partial charge in [0.05, 0.1) is 0 Å². The Morgan fingerprint density at radius 2 is 1.93 bits per heavy atom. The molecule has 14 heavy (non-hydrogen) atoms. The summed E-state index contributed by atoms with van der Waals surface area (Å²) in [6.45, 7) is 3.96. The first-order valence-electron chi connectivity index (χ1n) is 6.00. The maximum atomic E-state index is 2.63. The number of rotatable bonds is 3. The summed E-state index contributed by atoms with van der Waals surface area (Å²) in [6.07, 6.45) is 14.9. The first-order chi connectivity index (χ1) is 6.95. The van der Waals surface area contributed by atoms with E-state index in [-0.39, 0.29) is 0 Å². The van der Waals surface area contributed by atoms with Gasteiger partial charge < -0.3 is 4.90 Å². The molecule has 0 atom stereocenters. The maximum Gasteiger partial charge on any atom is 0.00187 e. The zero-order valence-corrected chi connectivity index (χ0v) is 9.04. The smallest absolute Gasteiger partial charge is 0.00187 e. The highest BCUT2D eigenvalue weighted by Crippen LogP contribution is 2.16. The van der Waals surface area contributed by atoms with E-state index in [1.54, 1.807) is 5.57 Å². The summed E-state index contributed by atoms with van der Waals surface area (Å²) in [5.41, 5.74) is 1.65. The summed E-state index contributed by atoms with van der Waals surface area (Å²) in [5.74, 6) is 0. The Morgan fingerprint density at radius 3 is 2.64 bits per heavy atom. The van der Waals surface area contributed by atoms with Gasteiger partial charge in [-0.2, -0.15) is 0 Å². The fraction of sp³-hybridized carbons (Fsp3) is 0.692. The van der Waals surface area contributed by atoms with Crippen molar-refractivity contribution < 1.29 is 0 Å². The molecule has 1 heteroatoms. The molecule has 2 aliphatic rings. The maximum absolute atomic E-state index is 2.63. The van der Waals surface area contributed by atoms with Crippen molar-refractivity contribution in [2.75, 3.05) is 19.6 Å². The molecule has 0 bridgehead atoms. The molecule has 0 radical (unpaired) electrons. The van der Waals surface area contributed by atoms with Crippen molar-refractivity contribution in [3.63, 3.8) is 0 Å². The van der Waals surface area contributed by atoms with E-state index in [0.717, 1.165) is 6.42 Å². The van der Waals surface area contributed by atoms with Gasteiger partial charge in [-0.1, -0.05) is 30.2 Å². The van der Waals surface area contributed by atoms with Crippen LogP contribution in [-0.4, -0.2) is 24.5 Å². The van der Waals surface area contributed by atoms with Gasteiger partial charge in [0.15, 0.2) is 0 Å². The van der Waals surface area contributed by atoms with Crippen LogP contribution in [0, 0.1) is 0 Å². The van der Waals surface area contributed by atoms with Crippen molar-refractivity contribution >= 4 is 0 Å². The second-order valence-corrected chi connectivity index (χ2v) is 4.43. The Morgan fingerprint density at radius 1 is 1.07 bits per heavy atom. The highest BCUT2D eigenvalue weighted by atomic mass is 15.1. The summed E-state index contributed by atoms with van der Waals surface area (Å²) in [7, 11) is 0. The molecule has 2 rings (SSSR count). The van der Waals surface area contributed by atoms with Gasteiger partial charge in [0.2, 0.25) is 0 Å². The van der Waals surface area contributed by atoms with E-state index in [4.69, 9.17) is 0 Å². The number of nitrogens with zero attached hydrogens (tertiary/aromatic N) is 1. The molecule has 1 aliphatic heterocycles. The fourth-order valence-electron chi connectivity index (χ4n) is 2.34. The predicted octanol–water partition coefficient (Wildman–Crippen LogP) is 3.14. The Bertz CT molecular complexity index is 221. The van der Waals surface area contributed by atoms with Crippen molar-refractivity contribution in [1.82, 2.24) is 4.90 Å². The molecule has 0 amide bonds. The van der Waals surface area contributed by atoms with Gasteiger partial charge in [0, 0.05) is 6.54 Å². The highest BCUT2D eigenvalue weighted by molar-refractivity contribution is 5.14. The summed E-state index contributed by atoms with van der Waals surface area (Å²) in [6, 6.07) is 0. The van der Waals surface area contributed by atoms with Crippen LogP contribution in [0.25, 0.3) is 0 Å². The first-order valence-corrected chi connectivity index (χ1v) is 6.00. The summed E-state index contributed by atoms with van der Waals surface area (Å²) >= 11 is 0. The molecule has 1 saturated heterocycles. The lowest BCUT2D eigenvalue weighted by Crippen LogP contribution is -2.30. The average Bonchev–Trinajstić information content (AvgIpc) is 2.29. The molecular formula is C13H21N. The van der Waals surface area contributed by atoms with Crippen LogP contribution < -0.4 is 0 Å². The molecule has 0 aromatic heterocycles. The number of hydrogen-bond acceptors (Lipinski definition) is 1. The van der Waals surface area contributed by atoms with Crippen LogP contribution in [0.2, 0.25) is 0 Å². The van der Waals surface area contributed by atoms with E-state index in [0.29, 0.717) is 0 Å². The summed E-state index contributed by atoms with van der Waals surface area (Å²) < 4.78 is 0. The van der Waals surface area contributed by atoms with Crippen LogP contribution in [-0.2, 0) is 0 Å². The fourth-order valence-corrected chi connectivity index (χ4v) is 2.34. The van der Waals surface area contributed by atoms with Gasteiger partial charge in [-0.25, -0.2) is 0 Å². The third-order valence-corrected chi connectivity index (χ3v) is 3.29. The van der Waals surface area contributed by atoms with Gasteiger partial charge in [-0.15, -0.1) is 0 Å². The molecule has 0 aromatic rings. The molecule has 0 aromatic carbocycles. The molecule has 1 heterocycles. The average molecular weight is 191 g/mol. The molecule has 0 unspecified atom stereocenters. The van der Waals surface area contributed by atoms with Crippen LogP contribution in [0.4, 0.5) is 0 Å². The summed E-state index contributed by atoms with van der Waals surface area (Å²) in [4.78, 5) is 2.63. The van der Waals surface area contributed by atoms with Crippen molar-refractivity contribution in [3.05, 3.63) is 23.8 Å². The lowest BCUT2D eigenvalue weighted by atomic mass is 10.0. The minimum atomic E-state index is 1.16. The Balaban J connectivity index is 1.68. The van der Waals surface area contributed by atoms with Crippen molar-refractivity contribution in [1.29, 1.82) is 0 Å². The van der Waals surface area contributed by atoms with Gasteiger partial charge in [0.25, 0.3) is 0 Å². The molecule has 1 fully saturated rings. The zero-order valence-electron chi connectivity index (χ0n) is 9.04. The van der Waals surface area contributed by atoms with Crippen molar-refractivity contribution in [3.8, 4) is 0 Å². The predicted molar refractivity (Wildman–Crippen MR) is 61.4 cm³/mol. The quantitative estimate of drug-likeness (QED) is 0.619. The third kappa shape index (κ3) is 2.98. The lowest BCUT2D eigenvalue weighted by Gasteiger charge is -2.26. The molecule has 0 spiro atoms. The van der Waals surface area contributed by atoms with Gasteiger partial charge in [-0.05, 0) is 45.2 Å². The Labute approximate surface area is 87.5 Å². The molecule has 1 nitrogen and oxygen atoms in total. The lowest BCUT2D eigenvalue weighted by molar-refractivity contribution is 0.231. The molecule has 78 valence electrons. The van der Waals surface area contributed by atoms with Crippen molar-refractivity contribution in [2.24, 2.45) is 0 Å². The van der Waals surface area contributed by atoms with Crippen LogP contribution in [0.3, 0.4) is 0 Å².